The number of hydrogen-bond acceptors (Lipinski definition) is 6. The molecule has 0 radical (unpaired) electrons. The van der Waals surface area contributed by atoms with Crippen LogP contribution in [0.25, 0.3) is 10.8 Å². The van der Waals surface area contributed by atoms with Crippen LogP contribution >= 0.6 is 0 Å². The van der Waals surface area contributed by atoms with E-state index in [4.69, 9.17) is 0 Å². The van der Waals surface area contributed by atoms with E-state index in [0.29, 0.717) is 22.8 Å². The molecule has 0 saturated carbocycles. The first-order chi connectivity index (χ1) is 18.1. The monoisotopic (exact) mass is 544 g/mol. The van der Waals surface area contributed by atoms with Crippen molar-refractivity contribution >= 4 is 28.5 Å². The Morgan fingerprint density at radius 3 is 2.38 bits per heavy atom. The minimum absolute atomic E-state index is 0.0819. The molecule has 3 amide bonds. The van der Waals surface area contributed by atoms with Gasteiger partial charge in [-0.25, -0.2) is 0 Å². The number of halogens is 3. The van der Waals surface area contributed by atoms with Gasteiger partial charge in [0.15, 0.2) is 0 Å². The molecule has 208 valence electrons. The van der Waals surface area contributed by atoms with Crippen molar-refractivity contribution in [1.82, 2.24) is 25.5 Å². The Bertz CT molecular complexity index is 1320. The number of hydrogen-bond donors (Lipinski definition) is 2. The SMILES string of the molecule is CC(C)=C[C@H]1CCN(C(=O)[C@@H](NC(=O)C(F)(F)F)C(C)(C)C)[C@@H]1C(=O)NC(C#N)c1cncc2cnccc12. The van der Waals surface area contributed by atoms with Crippen LogP contribution in [0.15, 0.2) is 42.5 Å². The largest absolute Gasteiger partial charge is 0.471 e. The smallest absolute Gasteiger partial charge is 0.336 e. The number of fused-ring (bicyclic) bond motifs is 1. The maximum Gasteiger partial charge on any atom is 0.471 e. The van der Waals surface area contributed by atoms with Crippen molar-refractivity contribution in [3.8, 4) is 6.07 Å². The minimum atomic E-state index is -5.18. The van der Waals surface area contributed by atoms with E-state index in [1.165, 1.54) is 31.9 Å². The highest BCUT2D eigenvalue weighted by Crippen LogP contribution is 2.32. The molecule has 4 atom stereocenters. The molecule has 3 heterocycles. The third-order valence-electron chi connectivity index (χ3n) is 6.51. The molecule has 1 saturated heterocycles. The number of aromatic nitrogens is 2. The molecule has 0 bridgehead atoms. The van der Waals surface area contributed by atoms with Crippen LogP contribution in [0.1, 0.15) is 52.6 Å². The molecule has 0 spiro atoms. The number of nitriles is 1. The predicted octanol–water partition coefficient (Wildman–Crippen LogP) is 3.59. The van der Waals surface area contributed by atoms with Crippen LogP contribution < -0.4 is 10.6 Å². The number of nitrogens with one attached hydrogen (secondary N) is 2. The number of nitrogens with zero attached hydrogens (tertiary/aromatic N) is 4. The van der Waals surface area contributed by atoms with E-state index in [2.05, 4.69) is 21.4 Å². The maximum absolute atomic E-state index is 13.7. The second-order valence-electron chi connectivity index (χ2n) is 10.8. The molecule has 39 heavy (non-hydrogen) atoms. The van der Waals surface area contributed by atoms with Crippen molar-refractivity contribution in [2.45, 2.75) is 65.3 Å². The van der Waals surface area contributed by atoms with E-state index in [0.717, 1.165) is 5.57 Å². The summed E-state index contributed by atoms with van der Waals surface area (Å²) in [5, 5.41) is 15.8. The fourth-order valence-electron chi connectivity index (χ4n) is 4.71. The van der Waals surface area contributed by atoms with Gasteiger partial charge in [-0.3, -0.25) is 24.4 Å². The van der Waals surface area contributed by atoms with Crippen molar-refractivity contribution in [1.29, 1.82) is 5.26 Å². The van der Waals surface area contributed by atoms with Crippen LogP contribution in [0, 0.1) is 22.7 Å². The first kappa shape index (κ1) is 29.5. The van der Waals surface area contributed by atoms with Gasteiger partial charge >= 0.3 is 12.1 Å². The first-order valence-electron chi connectivity index (χ1n) is 12.4. The van der Waals surface area contributed by atoms with Gasteiger partial charge in [-0.15, -0.1) is 0 Å². The molecule has 1 aliphatic rings. The van der Waals surface area contributed by atoms with Gasteiger partial charge in [0.2, 0.25) is 11.8 Å². The molecular formula is C27H31F3N6O3. The second kappa shape index (κ2) is 11.4. The molecule has 12 heteroatoms. The van der Waals surface area contributed by atoms with Crippen molar-refractivity contribution in [3.63, 3.8) is 0 Å². The second-order valence-corrected chi connectivity index (χ2v) is 10.8. The Hall–Kier alpha value is -4.01. The van der Waals surface area contributed by atoms with Crippen LogP contribution in [0.2, 0.25) is 0 Å². The standard InChI is InChI=1S/C27H31F3N6O3/c1-15(2)10-16-7-9-36(24(38)22(26(3,4)5)35-25(39)27(28,29)30)21(16)23(37)34-20(11-31)19-14-33-13-17-12-32-8-6-18(17)19/h6,8,10,12-14,16,20-22H,7,9H2,1-5H3,(H,34,37)(H,35,39)/t16-,20?,21+,22-/m1/s1. The van der Waals surface area contributed by atoms with Gasteiger partial charge in [0, 0.05) is 48.2 Å². The fourth-order valence-corrected chi connectivity index (χ4v) is 4.71. The van der Waals surface area contributed by atoms with E-state index in [1.807, 2.05) is 25.2 Å². The number of carbonyl (C=O) groups is 3. The van der Waals surface area contributed by atoms with Gasteiger partial charge in [-0.2, -0.15) is 18.4 Å². The number of amides is 3. The quantitative estimate of drug-likeness (QED) is 0.535. The molecule has 1 fully saturated rings. The van der Waals surface area contributed by atoms with Gasteiger partial charge in [-0.05, 0) is 37.1 Å². The summed E-state index contributed by atoms with van der Waals surface area (Å²) < 4.78 is 39.2. The van der Waals surface area contributed by atoms with Gasteiger partial charge in [0.25, 0.3) is 0 Å². The Morgan fingerprint density at radius 1 is 1.13 bits per heavy atom. The predicted molar refractivity (Wildman–Crippen MR) is 137 cm³/mol. The van der Waals surface area contributed by atoms with E-state index < -0.39 is 53.4 Å². The number of allylic oxidation sites excluding steroid dienone is 1. The molecule has 1 unspecified atom stereocenters. The Labute approximate surface area is 224 Å². The summed E-state index contributed by atoms with van der Waals surface area (Å²) >= 11 is 0. The number of carbonyl (C=O) groups excluding carboxylic acids is 3. The molecule has 3 rings (SSSR count). The summed E-state index contributed by atoms with van der Waals surface area (Å²) in [6, 6.07) is -0.0259. The van der Waals surface area contributed by atoms with E-state index in [1.54, 1.807) is 24.7 Å². The normalized spacial score (nSPS) is 19.1. The van der Waals surface area contributed by atoms with Crippen LogP contribution in [0.3, 0.4) is 0 Å². The van der Waals surface area contributed by atoms with E-state index >= 15 is 0 Å². The van der Waals surface area contributed by atoms with Crippen LogP contribution in [0.5, 0.6) is 0 Å². The van der Waals surface area contributed by atoms with Gasteiger partial charge in [0.1, 0.15) is 18.1 Å². The van der Waals surface area contributed by atoms with Crippen molar-refractivity contribution in [3.05, 3.63) is 48.1 Å². The summed E-state index contributed by atoms with van der Waals surface area (Å²) in [7, 11) is 0. The molecule has 2 aromatic rings. The number of alkyl halides is 3. The third-order valence-corrected chi connectivity index (χ3v) is 6.51. The van der Waals surface area contributed by atoms with Gasteiger partial charge in [0.05, 0.1) is 6.07 Å². The number of likely N-dealkylation sites (tertiary alicyclic amines) is 1. The molecule has 9 nitrogen and oxygen atoms in total. The molecule has 0 aliphatic carbocycles. The maximum atomic E-state index is 13.7. The summed E-state index contributed by atoms with van der Waals surface area (Å²) in [4.78, 5) is 48.5. The van der Waals surface area contributed by atoms with Crippen molar-refractivity contribution in [2.75, 3.05) is 6.54 Å². The average molecular weight is 545 g/mol. The van der Waals surface area contributed by atoms with Crippen LogP contribution in [-0.4, -0.2) is 57.4 Å². The average Bonchev–Trinajstić information content (AvgIpc) is 3.26. The zero-order valence-corrected chi connectivity index (χ0v) is 22.3. The lowest BCUT2D eigenvalue weighted by molar-refractivity contribution is -0.176. The molecule has 1 aliphatic heterocycles. The van der Waals surface area contributed by atoms with E-state index in [-0.39, 0.29) is 6.54 Å². The van der Waals surface area contributed by atoms with Crippen LogP contribution in [0.4, 0.5) is 13.2 Å². The third kappa shape index (κ3) is 6.71. The molecule has 2 N–H and O–H groups in total. The molecular weight excluding hydrogens is 513 g/mol. The first-order valence-corrected chi connectivity index (χ1v) is 12.4. The Kier molecular flexibility index (Phi) is 8.63. The highest BCUT2D eigenvalue weighted by Gasteiger charge is 2.48. The lowest BCUT2D eigenvalue weighted by atomic mass is 9.85. The zero-order chi connectivity index (χ0) is 29.1. The molecule has 0 aromatic carbocycles. The van der Waals surface area contributed by atoms with Gasteiger partial charge < -0.3 is 15.5 Å². The fraction of sp³-hybridized carbons (Fsp3) is 0.481. The summed E-state index contributed by atoms with van der Waals surface area (Å²) in [6.07, 6.45) is 3.18. The van der Waals surface area contributed by atoms with E-state index in [9.17, 15) is 32.8 Å². The number of pyridine rings is 2. The highest BCUT2D eigenvalue weighted by atomic mass is 19.4. The topological polar surface area (TPSA) is 128 Å². The minimum Gasteiger partial charge on any atom is -0.336 e. The number of rotatable bonds is 6. The summed E-state index contributed by atoms with van der Waals surface area (Å²) in [5.74, 6) is -4.14. The Balaban J connectivity index is 1.97. The lowest BCUT2D eigenvalue weighted by Gasteiger charge is -2.36. The zero-order valence-electron chi connectivity index (χ0n) is 22.3. The van der Waals surface area contributed by atoms with Crippen LogP contribution in [-0.2, 0) is 14.4 Å². The summed E-state index contributed by atoms with van der Waals surface area (Å²) in [5.41, 5.74) is 0.226. The van der Waals surface area contributed by atoms with Crippen molar-refractivity contribution in [2.24, 2.45) is 11.3 Å². The lowest BCUT2D eigenvalue weighted by Crippen LogP contribution is -2.60. The summed E-state index contributed by atoms with van der Waals surface area (Å²) in [6.45, 7) is 8.32. The van der Waals surface area contributed by atoms with Gasteiger partial charge in [-0.1, -0.05) is 32.4 Å². The highest BCUT2D eigenvalue weighted by molar-refractivity contribution is 5.95. The Morgan fingerprint density at radius 2 is 1.79 bits per heavy atom. The van der Waals surface area contributed by atoms with Crippen molar-refractivity contribution < 1.29 is 27.6 Å². The molecule has 2 aromatic heterocycles.